The van der Waals surface area contributed by atoms with Gasteiger partial charge in [0, 0.05) is 12.5 Å². The van der Waals surface area contributed by atoms with Gasteiger partial charge < -0.3 is 14.6 Å². The molecule has 6 heteroatoms. The third kappa shape index (κ3) is 23.4. The molecule has 0 atom stereocenters. The van der Waals surface area contributed by atoms with Crippen LogP contribution in [0.25, 0.3) is 0 Å². The summed E-state index contributed by atoms with van der Waals surface area (Å²) in [5, 5.41) is 10.1. The van der Waals surface area contributed by atoms with Gasteiger partial charge in [0.1, 0.15) is 0 Å². The van der Waals surface area contributed by atoms with Gasteiger partial charge >= 0.3 is 41.5 Å². The first-order valence-corrected chi connectivity index (χ1v) is 10.7. The van der Waals surface area contributed by atoms with E-state index < -0.39 is 17.9 Å². The molecule has 0 unspecified atom stereocenters. The molecule has 0 bridgehead atoms. The molecule has 0 aromatic carbocycles. The predicted octanol–water partition coefficient (Wildman–Crippen LogP) is 1.63. The average Bonchev–Trinajstić information content (AvgIpc) is 2.63. The Hall–Kier alpha value is -0.650. The van der Waals surface area contributed by atoms with Gasteiger partial charge in [0.2, 0.25) is 0 Å². The Morgan fingerprint density at radius 1 is 0.679 bits per heavy atom. The quantitative estimate of drug-likeness (QED) is 0.114. The van der Waals surface area contributed by atoms with Crippen molar-refractivity contribution in [2.75, 3.05) is 0 Å². The molecule has 0 spiro atoms. The largest absolute Gasteiger partial charge is 1.00 e. The molecule has 0 aliphatic rings. The van der Waals surface area contributed by atoms with Crippen molar-refractivity contribution in [2.45, 2.75) is 110 Å². The van der Waals surface area contributed by atoms with Crippen molar-refractivity contribution in [1.29, 1.82) is 0 Å². The van der Waals surface area contributed by atoms with Crippen molar-refractivity contribution in [3.05, 3.63) is 12.2 Å². The van der Waals surface area contributed by atoms with E-state index in [1.807, 2.05) is 0 Å². The van der Waals surface area contributed by atoms with Crippen molar-refractivity contribution in [2.24, 2.45) is 0 Å². The van der Waals surface area contributed by atoms with Crippen molar-refractivity contribution < 1.29 is 53.8 Å². The SMILES string of the molecule is CCCCCCCCCCCCCCCCCC(=O)OC(=O)/C=C/C(=O)[O-].[Na+]. The minimum Gasteiger partial charge on any atom is -0.545 e. The minimum absolute atomic E-state index is 0. The standard InChI is InChI=1S/C22H38O5.Na/c1-2-3-4-5-6-7-8-9-10-11-12-13-14-15-16-17-21(25)27-22(26)19-18-20(23)24;/h18-19H,2-17H2,1H3,(H,23,24);/q;+1/p-1/b19-18+;. The Morgan fingerprint density at radius 2 is 1.07 bits per heavy atom. The Labute approximate surface area is 193 Å². The summed E-state index contributed by atoms with van der Waals surface area (Å²) in [4.78, 5) is 32.6. The van der Waals surface area contributed by atoms with E-state index in [4.69, 9.17) is 0 Å². The van der Waals surface area contributed by atoms with Gasteiger partial charge in [0.25, 0.3) is 0 Å². The topological polar surface area (TPSA) is 83.5 Å². The van der Waals surface area contributed by atoms with Crippen LogP contribution >= 0.6 is 0 Å². The smallest absolute Gasteiger partial charge is 0.545 e. The van der Waals surface area contributed by atoms with Crippen molar-refractivity contribution in [1.82, 2.24) is 0 Å². The maximum atomic E-state index is 11.4. The van der Waals surface area contributed by atoms with Crippen LogP contribution in [0.4, 0.5) is 0 Å². The van der Waals surface area contributed by atoms with E-state index in [0.717, 1.165) is 12.8 Å². The van der Waals surface area contributed by atoms with Crippen molar-refractivity contribution >= 4 is 17.9 Å². The monoisotopic (exact) mass is 404 g/mol. The number of esters is 2. The van der Waals surface area contributed by atoms with Crippen LogP contribution in [0.2, 0.25) is 0 Å². The summed E-state index contributed by atoms with van der Waals surface area (Å²) in [7, 11) is 0. The Bertz CT molecular complexity index is 435. The van der Waals surface area contributed by atoms with E-state index in [9.17, 15) is 19.5 Å². The first-order valence-electron chi connectivity index (χ1n) is 10.7. The van der Waals surface area contributed by atoms with Crippen molar-refractivity contribution in [3.8, 4) is 0 Å². The summed E-state index contributed by atoms with van der Waals surface area (Å²) in [6.07, 6.45) is 20.1. The van der Waals surface area contributed by atoms with Gasteiger partial charge in [-0.3, -0.25) is 4.79 Å². The number of carbonyl (C=O) groups excluding carboxylic acids is 3. The van der Waals surface area contributed by atoms with E-state index in [-0.39, 0.29) is 36.0 Å². The zero-order valence-electron chi connectivity index (χ0n) is 18.0. The first-order chi connectivity index (χ1) is 13.1. The predicted molar refractivity (Wildman–Crippen MR) is 105 cm³/mol. The number of hydrogen-bond donors (Lipinski definition) is 0. The molecule has 0 amide bonds. The molecule has 0 aromatic heterocycles. The van der Waals surface area contributed by atoms with Crippen LogP contribution < -0.4 is 34.7 Å². The number of aliphatic carboxylic acids is 1. The molecular formula is C22H37NaO5. The van der Waals surface area contributed by atoms with Crippen LogP contribution in [0.5, 0.6) is 0 Å². The van der Waals surface area contributed by atoms with E-state index in [1.54, 1.807) is 0 Å². The maximum Gasteiger partial charge on any atom is 1.00 e. The summed E-state index contributed by atoms with van der Waals surface area (Å²) in [5.41, 5.74) is 0. The van der Waals surface area contributed by atoms with Crippen molar-refractivity contribution in [3.63, 3.8) is 0 Å². The molecule has 28 heavy (non-hydrogen) atoms. The van der Waals surface area contributed by atoms with Crippen LogP contribution in [0, 0.1) is 0 Å². The first kappa shape index (κ1) is 29.6. The fourth-order valence-corrected chi connectivity index (χ4v) is 2.97. The minimum atomic E-state index is -1.50. The number of unbranched alkanes of at least 4 members (excludes halogenated alkanes) is 14. The molecule has 0 fully saturated rings. The molecular weight excluding hydrogens is 367 g/mol. The molecule has 5 nitrogen and oxygen atoms in total. The number of carbonyl (C=O) groups is 3. The summed E-state index contributed by atoms with van der Waals surface area (Å²) in [6.45, 7) is 2.25. The second-order valence-corrected chi connectivity index (χ2v) is 7.15. The van der Waals surface area contributed by atoms with Crippen LogP contribution in [0.15, 0.2) is 12.2 Å². The van der Waals surface area contributed by atoms with Crippen LogP contribution in [-0.2, 0) is 19.1 Å². The second-order valence-electron chi connectivity index (χ2n) is 7.15. The fourth-order valence-electron chi connectivity index (χ4n) is 2.97. The van der Waals surface area contributed by atoms with Gasteiger partial charge in [-0.15, -0.1) is 0 Å². The Kier molecular flexibility index (Phi) is 23.9. The van der Waals surface area contributed by atoms with E-state index >= 15 is 0 Å². The number of ether oxygens (including phenoxy) is 1. The molecule has 0 saturated carbocycles. The summed E-state index contributed by atoms with van der Waals surface area (Å²) in [6, 6.07) is 0. The molecule has 0 aliphatic carbocycles. The Morgan fingerprint density at radius 3 is 1.46 bits per heavy atom. The number of rotatable bonds is 18. The molecule has 0 saturated heterocycles. The number of carboxylic acid groups (broad SMARTS) is 1. The molecule has 0 rings (SSSR count). The van der Waals surface area contributed by atoms with Gasteiger partial charge in [-0.2, -0.15) is 0 Å². The summed E-state index contributed by atoms with van der Waals surface area (Å²) in [5.74, 6) is -3.08. The van der Waals surface area contributed by atoms with Gasteiger partial charge in [-0.1, -0.05) is 96.8 Å². The molecule has 0 N–H and O–H groups in total. The van der Waals surface area contributed by atoms with Gasteiger partial charge in [0.15, 0.2) is 0 Å². The molecule has 0 heterocycles. The number of hydrogen-bond acceptors (Lipinski definition) is 5. The molecule has 156 valence electrons. The summed E-state index contributed by atoms with van der Waals surface area (Å²) < 4.78 is 4.46. The van der Waals surface area contributed by atoms with E-state index in [2.05, 4.69) is 11.7 Å². The zero-order chi connectivity index (χ0) is 20.2. The maximum absolute atomic E-state index is 11.4. The van der Waals surface area contributed by atoms with E-state index in [0.29, 0.717) is 18.6 Å². The van der Waals surface area contributed by atoms with Gasteiger partial charge in [0.05, 0.1) is 5.97 Å². The third-order valence-electron chi connectivity index (χ3n) is 4.55. The zero-order valence-corrected chi connectivity index (χ0v) is 20.0. The average molecular weight is 405 g/mol. The Balaban J connectivity index is 0. The molecule has 0 radical (unpaired) electrons. The van der Waals surface area contributed by atoms with Crippen LogP contribution in [0.1, 0.15) is 110 Å². The summed E-state index contributed by atoms with van der Waals surface area (Å²) >= 11 is 0. The molecule has 0 aromatic rings. The molecule has 0 aliphatic heterocycles. The third-order valence-corrected chi connectivity index (χ3v) is 4.55. The van der Waals surface area contributed by atoms with E-state index in [1.165, 1.54) is 77.0 Å². The second kappa shape index (κ2) is 22.6. The normalized spacial score (nSPS) is 10.6. The number of carboxylic acids is 1. The van der Waals surface area contributed by atoms with Crippen LogP contribution in [0.3, 0.4) is 0 Å². The van der Waals surface area contributed by atoms with Gasteiger partial charge in [-0.25, -0.2) is 4.79 Å². The van der Waals surface area contributed by atoms with Gasteiger partial charge in [-0.05, 0) is 12.5 Å². The fraction of sp³-hybridized carbons (Fsp3) is 0.773. The van der Waals surface area contributed by atoms with Crippen LogP contribution in [-0.4, -0.2) is 17.9 Å².